The number of halogens is 2. The molecule has 0 saturated carbocycles. The van der Waals surface area contributed by atoms with Gasteiger partial charge in [0.25, 0.3) is 0 Å². The van der Waals surface area contributed by atoms with Crippen molar-refractivity contribution < 1.29 is 14.6 Å². The molecule has 0 aliphatic heterocycles. The summed E-state index contributed by atoms with van der Waals surface area (Å²) in [5.74, 6) is 1.93. The fourth-order valence-electron chi connectivity index (χ4n) is 3.26. The maximum absolute atomic E-state index is 10.6. The largest absolute Gasteiger partial charge is 0.491 e. The molecule has 0 bridgehead atoms. The summed E-state index contributed by atoms with van der Waals surface area (Å²) >= 11 is 12.2. The third kappa shape index (κ3) is 5.31. The van der Waals surface area contributed by atoms with Gasteiger partial charge in [0.15, 0.2) is 0 Å². The third-order valence-corrected chi connectivity index (χ3v) is 5.37. The van der Waals surface area contributed by atoms with Crippen LogP contribution in [0.4, 0.5) is 0 Å². The second-order valence-corrected chi connectivity index (χ2v) is 8.11. The number of para-hydroxylation sites is 2. The molecule has 1 aromatic heterocycles. The van der Waals surface area contributed by atoms with E-state index in [2.05, 4.69) is 4.98 Å². The Morgan fingerprint density at radius 3 is 2.55 bits per heavy atom. The maximum atomic E-state index is 10.6. The standard InChI is InChI=1S/C24H22Cl2N2O3/c1-16-6-9-19(10-7-16)30-14-18(29)13-28-22-5-3-2-4-21(22)27-24(28)15-31-23-11-8-17(25)12-20(23)26/h2-12,18,29H,13-15H2,1H3. The fraction of sp³-hybridized carbons (Fsp3) is 0.208. The van der Waals surface area contributed by atoms with Crippen LogP contribution in [0.3, 0.4) is 0 Å². The first-order valence-electron chi connectivity index (χ1n) is 9.89. The van der Waals surface area contributed by atoms with Crippen LogP contribution < -0.4 is 9.47 Å². The van der Waals surface area contributed by atoms with Crippen LogP contribution >= 0.6 is 23.2 Å². The molecule has 0 fully saturated rings. The van der Waals surface area contributed by atoms with E-state index < -0.39 is 6.10 Å². The van der Waals surface area contributed by atoms with Crippen molar-refractivity contribution >= 4 is 34.2 Å². The Bertz CT molecular complexity index is 1180. The molecule has 0 saturated heterocycles. The highest BCUT2D eigenvalue weighted by molar-refractivity contribution is 6.35. The van der Waals surface area contributed by atoms with Crippen LogP contribution in [-0.4, -0.2) is 27.4 Å². The topological polar surface area (TPSA) is 56.5 Å². The van der Waals surface area contributed by atoms with Crippen LogP contribution in [0.5, 0.6) is 11.5 Å². The van der Waals surface area contributed by atoms with Gasteiger partial charge in [-0.3, -0.25) is 0 Å². The lowest BCUT2D eigenvalue weighted by Crippen LogP contribution is -2.25. The first kappa shape index (κ1) is 21.5. The second kappa shape index (κ2) is 9.60. The molecule has 7 heteroatoms. The first-order valence-corrected chi connectivity index (χ1v) is 10.6. The van der Waals surface area contributed by atoms with Gasteiger partial charge in [0.2, 0.25) is 0 Å². The van der Waals surface area contributed by atoms with Gasteiger partial charge in [-0.2, -0.15) is 0 Å². The minimum absolute atomic E-state index is 0.166. The Morgan fingerprint density at radius 2 is 1.77 bits per heavy atom. The van der Waals surface area contributed by atoms with Crippen LogP contribution in [-0.2, 0) is 13.2 Å². The summed E-state index contributed by atoms with van der Waals surface area (Å²) in [6.07, 6.45) is -0.725. The molecule has 1 heterocycles. The minimum Gasteiger partial charge on any atom is -0.491 e. The molecule has 1 atom stereocenters. The lowest BCUT2D eigenvalue weighted by Gasteiger charge is -2.16. The number of imidazole rings is 1. The van der Waals surface area contributed by atoms with Gasteiger partial charge in [-0.1, -0.05) is 53.0 Å². The molecule has 5 nitrogen and oxygen atoms in total. The highest BCUT2D eigenvalue weighted by Gasteiger charge is 2.16. The Balaban J connectivity index is 1.49. The van der Waals surface area contributed by atoms with E-state index in [0.717, 1.165) is 22.3 Å². The van der Waals surface area contributed by atoms with E-state index in [-0.39, 0.29) is 13.2 Å². The molecule has 0 spiro atoms. The highest BCUT2D eigenvalue weighted by atomic mass is 35.5. The first-order chi connectivity index (χ1) is 15.0. The second-order valence-electron chi connectivity index (χ2n) is 7.27. The average molecular weight is 457 g/mol. The number of aliphatic hydroxyl groups is 1. The van der Waals surface area contributed by atoms with Crippen LogP contribution in [0.25, 0.3) is 11.0 Å². The van der Waals surface area contributed by atoms with Crippen LogP contribution in [0.1, 0.15) is 11.4 Å². The molecule has 4 rings (SSSR count). The predicted octanol–water partition coefficient (Wildman–Crippen LogP) is 5.67. The number of ether oxygens (including phenoxy) is 2. The molecule has 0 amide bonds. The quantitative estimate of drug-likeness (QED) is 0.371. The van der Waals surface area contributed by atoms with Crippen molar-refractivity contribution in [3.05, 3.63) is 88.2 Å². The number of aromatic nitrogens is 2. The van der Waals surface area contributed by atoms with E-state index in [4.69, 9.17) is 32.7 Å². The predicted molar refractivity (Wildman–Crippen MR) is 123 cm³/mol. The number of fused-ring (bicyclic) bond motifs is 1. The zero-order valence-corrected chi connectivity index (χ0v) is 18.5. The number of aryl methyl sites for hydroxylation is 1. The van der Waals surface area contributed by atoms with E-state index in [9.17, 15) is 5.11 Å². The van der Waals surface area contributed by atoms with Crippen molar-refractivity contribution in [1.29, 1.82) is 0 Å². The minimum atomic E-state index is -0.725. The highest BCUT2D eigenvalue weighted by Crippen LogP contribution is 2.28. The van der Waals surface area contributed by atoms with Gasteiger partial charge in [-0.05, 0) is 49.4 Å². The van der Waals surface area contributed by atoms with Crippen LogP contribution in [0.2, 0.25) is 10.0 Å². The smallest absolute Gasteiger partial charge is 0.148 e. The normalized spacial score (nSPS) is 12.1. The maximum Gasteiger partial charge on any atom is 0.148 e. The number of aliphatic hydroxyl groups excluding tert-OH is 1. The number of benzene rings is 3. The van der Waals surface area contributed by atoms with E-state index in [1.165, 1.54) is 0 Å². The van der Waals surface area contributed by atoms with Gasteiger partial charge in [-0.25, -0.2) is 4.98 Å². The molecular formula is C24H22Cl2N2O3. The lowest BCUT2D eigenvalue weighted by molar-refractivity contribution is 0.0917. The number of nitrogens with zero attached hydrogens (tertiary/aromatic N) is 2. The van der Waals surface area contributed by atoms with Crippen molar-refractivity contribution in [2.75, 3.05) is 6.61 Å². The summed E-state index contributed by atoms with van der Waals surface area (Å²) in [4.78, 5) is 4.67. The van der Waals surface area contributed by atoms with E-state index in [0.29, 0.717) is 28.2 Å². The SMILES string of the molecule is Cc1ccc(OCC(O)Cn2c(COc3ccc(Cl)cc3Cl)nc3ccccc32)cc1. The van der Waals surface area contributed by atoms with Crippen molar-refractivity contribution in [3.63, 3.8) is 0 Å². The van der Waals surface area contributed by atoms with E-state index in [1.54, 1.807) is 18.2 Å². The molecule has 0 aliphatic carbocycles. The molecule has 0 radical (unpaired) electrons. The summed E-state index contributed by atoms with van der Waals surface area (Å²) in [5.41, 5.74) is 2.90. The average Bonchev–Trinajstić information content (AvgIpc) is 3.10. The summed E-state index contributed by atoms with van der Waals surface area (Å²) < 4.78 is 13.6. The van der Waals surface area contributed by atoms with Gasteiger partial charge in [0.05, 0.1) is 22.6 Å². The Hall–Kier alpha value is -2.73. The van der Waals surface area contributed by atoms with E-state index in [1.807, 2.05) is 60.0 Å². The Morgan fingerprint density at radius 1 is 1.00 bits per heavy atom. The molecule has 3 aromatic carbocycles. The van der Waals surface area contributed by atoms with Crippen molar-refractivity contribution in [2.45, 2.75) is 26.2 Å². The van der Waals surface area contributed by atoms with Crippen molar-refractivity contribution in [3.8, 4) is 11.5 Å². The molecule has 1 unspecified atom stereocenters. The molecular weight excluding hydrogens is 435 g/mol. The summed E-state index contributed by atoms with van der Waals surface area (Å²) in [6.45, 7) is 2.70. The fourth-order valence-corrected chi connectivity index (χ4v) is 3.73. The van der Waals surface area contributed by atoms with Crippen LogP contribution in [0, 0.1) is 6.92 Å². The van der Waals surface area contributed by atoms with Gasteiger partial charge in [-0.15, -0.1) is 0 Å². The number of hydrogen-bond acceptors (Lipinski definition) is 4. The zero-order valence-electron chi connectivity index (χ0n) is 17.0. The van der Waals surface area contributed by atoms with Crippen LogP contribution in [0.15, 0.2) is 66.7 Å². The lowest BCUT2D eigenvalue weighted by atomic mass is 10.2. The van der Waals surface area contributed by atoms with Gasteiger partial charge in [0.1, 0.15) is 36.6 Å². The molecule has 4 aromatic rings. The third-order valence-electron chi connectivity index (χ3n) is 4.84. The molecule has 0 aliphatic rings. The van der Waals surface area contributed by atoms with Crippen molar-refractivity contribution in [1.82, 2.24) is 9.55 Å². The summed E-state index contributed by atoms with van der Waals surface area (Å²) in [6, 6.07) is 20.6. The van der Waals surface area contributed by atoms with E-state index >= 15 is 0 Å². The Labute approximate surface area is 190 Å². The van der Waals surface area contributed by atoms with Gasteiger partial charge < -0.3 is 19.1 Å². The van der Waals surface area contributed by atoms with Gasteiger partial charge in [0, 0.05) is 5.02 Å². The van der Waals surface area contributed by atoms with Gasteiger partial charge >= 0.3 is 0 Å². The molecule has 31 heavy (non-hydrogen) atoms. The number of rotatable bonds is 8. The Kier molecular flexibility index (Phi) is 6.66. The summed E-state index contributed by atoms with van der Waals surface area (Å²) in [7, 11) is 0. The summed E-state index contributed by atoms with van der Waals surface area (Å²) in [5, 5.41) is 11.6. The monoisotopic (exact) mass is 456 g/mol. The zero-order chi connectivity index (χ0) is 21.8. The molecule has 1 N–H and O–H groups in total. The number of hydrogen-bond donors (Lipinski definition) is 1. The molecule has 160 valence electrons. The van der Waals surface area contributed by atoms with Crippen molar-refractivity contribution in [2.24, 2.45) is 0 Å².